The lowest BCUT2D eigenvalue weighted by atomic mass is 9.90. The lowest BCUT2D eigenvalue weighted by Crippen LogP contribution is -2.46. The second-order valence-corrected chi connectivity index (χ2v) is 6.00. The van der Waals surface area contributed by atoms with Gasteiger partial charge in [-0.25, -0.2) is 0 Å². The highest BCUT2D eigenvalue weighted by Gasteiger charge is 2.26. The summed E-state index contributed by atoms with van der Waals surface area (Å²) in [6.07, 6.45) is 2.03. The first-order valence-electron chi connectivity index (χ1n) is 8.53. The Labute approximate surface area is 148 Å². The van der Waals surface area contributed by atoms with Crippen molar-refractivity contribution in [1.29, 1.82) is 0 Å². The fourth-order valence-corrected chi connectivity index (χ4v) is 2.82. The van der Waals surface area contributed by atoms with Crippen molar-refractivity contribution in [3.8, 4) is 0 Å². The Hall–Kier alpha value is -2.66. The van der Waals surface area contributed by atoms with Gasteiger partial charge in [0.05, 0.1) is 5.92 Å². The first-order valence-corrected chi connectivity index (χ1v) is 8.53. The number of rotatable bonds is 9. The lowest BCUT2D eigenvalue weighted by Gasteiger charge is -2.21. The predicted octanol–water partition coefficient (Wildman–Crippen LogP) is 1.92. The van der Waals surface area contributed by atoms with Crippen LogP contribution < -0.4 is 16.8 Å². The third-order valence-electron chi connectivity index (χ3n) is 4.13. The van der Waals surface area contributed by atoms with Gasteiger partial charge in [-0.2, -0.15) is 0 Å². The molecule has 25 heavy (non-hydrogen) atoms. The Morgan fingerprint density at radius 3 is 1.84 bits per heavy atom. The summed E-state index contributed by atoms with van der Waals surface area (Å²) in [5.74, 6) is -1.24. The molecule has 0 unspecified atom stereocenters. The van der Waals surface area contributed by atoms with Gasteiger partial charge in [-0.3, -0.25) is 9.59 Å². The van der Waals surface area contributed by atoms with Crippen LogP contribution in [0.1, 0.15) is 36.3 Å². The zero-order valence-corrected chi connectivity index (χ0v) is 14.2. The minimum absolute atomic E-state index is 0.228. The molecule has 0 spiro atoms. The average molecular weight is 339 g/mol. The number of carbonyl (C=O) groups excluding carboxylic acids is 2. The van der Waals surface area contributed by atoms with Gasteiger partial charge in [-0.1, -0.05) is 60.7 Å². The molecule has 2 amide bonds. The van der Waals surface area contributed by atoms with Crippen molar-refractivity contribution < 1.29 is 9.59 Å². The van der Waals surface area contributed by atoms with Crippen LogP contribution in [0.2, 0.25) is 0 Å². The monoisotopic (exact) mass is 339 g/mol. The number of hydrogen-bond donors (Lipinski definition) is 3. The van der Waals surface area contributed by atoms with Crippen LogP contribution in [0.25, 0.3) is 0 Å². The Morgan fingerprint density at radius 1 is 0.880 bits per heavy atom. The van der Waals surface area contributed by atoms with Crippen LogP contribution in [-0.2, 0) is 9.59 Å². The third kappa shape index (κ3) is 5.43. The molecule has 0 heterocycles. The normalized spacial score (nSPS) is 11.9. The van der Waals surface area contributed by atoms with E-state index < -0.39 is 17.9 Å². The molecule has 0 saturated carbocycles. The van der Waals surface area contributed by atoms with Crippen molar-refractivity contribution in [2.75, 3.05) is 6.54 Å². The highest BCUT2D eigenvalue weighted by molar-refractivity contribution is 5.91. The van der Waals surface area contributed by atoms with Crippen molar-refractivity contribution in [1.82, 2.24) is 5.32 Å². The molecule has 0 aliphatic heterocycles. The Balaban J connectivity index is 2.22. The highest BCUT2D eigenvalue weighted by Crippen LogP contribution is 2.25. The molecule has 2 rings (SSSR count). The summed E-state index contributed by atoms with van der Waals surface area (Å²) in [4.78, 5) is 24.6. The zero-order chi connectivity index (χ0) is 18.1. The summed E-state index contributed by atoms with van der Waals surface area (Å²) in [7, 11) is 0. The van der Waals surface area contributed by atoms with E-state index in [9.17, 15) is 9.59 Å². The van der Waals surface area contributed by atoms with E-state index in [2.05, 4.69) is 5.32 Å². The molecule has 0 bridgehead atoms. The lowest BCUT2D eigenvalue weighted by molar-refractivity contribution is -0.127. The first-order chi connectivity index (χ1) is 12.1. The largest absolute Gasteiger partial charge is 0.368 e. The van der Waals surface area contributed by atoms with Gasteiger partial charge in [0, 0.05) is 0 Å². The van der Waals surface area contributed by atoms with Crippen molar-refractivity contribution in [3.63, 3.8) is 0 Å². The Bertz CT molecular complexity index is 634. The van der Waals surface area contributed by atoms with E-state index in [1.807, 2.05) is 60.7 Å². The van der Waals surface area contributed by atoms with E-state index in [4.69, 9.17) is 11.5 Å². The second kappa shape index (κ2) is 9.59. The van der Waals surface area contributed by atoms with Crippen molar-refractivity contribution >= 4 is 11.8 Å². The van der Waals surface area contributed by atoms with Gasteiger partial charge in [0.25, 0.3) is 0 Å². The van der Waals surface area contributed by atoms with E-state index in [0.29, 0.717) is 13.0 Å². The quantitative estimate of drug-likeness (QED) is 0.609. The van der Waals surface area contributed by atoms with Crippen LogP contribution in [0.15, 0.2) is 60.7 Å². The molecule has 0 aliphatic rings. The minimum atomic E-state index is -0.686. The Kier molecular flexibility index (Phi) is 7.16. The van der Waals surface area contributed by atoms with Gasteiger partial charge < -0.3 is 16.8 Å². The molecule has 5 nitrogen and oxygen atoms in total. The summed E-state index contributed by atoms with van der Waals surface area (Å²) in [5.41, 5.74) is 12.7. The molecule has 0 aromatic heterocycles. The van der Waals surface area contributed by atoms with Crippen LogP contribution in [0.4, 0.5) is 0 Å². The van der Waals surface area contributed by atoms with E-state index in [1.54, 1.807) is 0 Å². The fourth-order valence-electron chi connectivity index (χ4n) is 2.82. The molecule has 5 heteroatoms. The van der Waals surface area contributed by atoms with Crippen molar-refractivity contribution in [3.05, 3.63) is 71.8 Å². The van der Waals surface area contributed by atoms with E-state index >= 15 is 0 Å². The van der Waals surface area contributed by atoms with Gasteiger partial charge in [-0.05, 0) is 36.9 Å². The van der Waals surface area contributed by atoms with Gasteiger partial charge in [0.15, 0.2) is 0 Å². The molecule has 0 saturated heterocycles. The number of nitrogens with two attached hydrogens (primary N) is 2. The number of amides is 2. The Morgan fingerprint density at radius 2 is 1.40 bits per heavy atom. The third-order valence-corrected chi connectivity index (χ3v) is 4.13. The number of benzene rings is 2. The summed E-state index contributed by atoms with van der Waals surface area (Å²) in [5, 5.41) is 2.82. The standard InChI is InChI=1S/C20H25N3O2/c21-14-8-7-13-17(19(22)24)23-20(25)18(15-9-3-1-4-10-15)16-11-5-2-6-12-16/h1-6,9-12,17-18H,7-8,13-14,21H2,(H2,22,24)(H,23,25)/t17-/m0/s1. The van der Waals surface area contributed by atoms with Gasteiger partial charge in [0.2, 0.25) is 11.8 Å². The van der Waals surface area contributed by atoms with Crippen molar-refractivity contribution in [2.24, 2.45) is 11.5 Å². The SMILES string of the molecule is NCCCC[C@H](NC(=O)C(c1ccccc1)c1ccccc1)C(N)=O. The van der Waals surface area contributed by atoms with Crippen LogP contribution in [-0.4, -0.2) is 24.4 Å². The fraction of sp³-hybridized carbons (Fsp3) is 0.300. The maximum atomic E-state index is 12.9. The molecular weight excluding hydrogens is 314 g/mol. The van der Waals surface area contributed by atoms with Crippen LogP contribution in [0, 0.1) is 0 Å². The van der Waals surface area contributed by atoms with Gasteiger partial charge in [0.1, 0.15) is 6.04 Å². The molecule has 2 aromatic rings. The predicted molar refractivity (Wildman–Crippen MR) is 98.8 cm³/mol. The topological polar surface area (TPSA) is 98.2 Å². The van der Waals surface area contributed by atoms with Crippen LogP contribution in [0.3, 0.4) is 0 Å². The van der Waals surface area contributed by atoms with Gasteiger partial charge >= 0.3 is 0 Å². The summed E-state index contributed by atoms with van der Waals surface area (Å²) >= 11 is 0. The average Bonchev–Trinajstić information content (AvgIpc) is 2.63. The maximum absolute atomic E-state index is 12.9. The minimum Gasteiger partial charge on any atom is -0.368 e. The maximum Gasteiger partial charge on any atom is 0.240 e. The molecular formula is C20H25N3O2. The molecule has 0 radical (unpaired) electrons. The number of hydrogen-bond acceptors (Lipinski definition) is 3. The van der Waals surface area contributed by atoms with Gasteiger partial charge in [-0.15, -0.1) is 0 Å². The number of nitrogens with one attached hydrogen (secondary N) is 1. The number of unbranched alkanes of at least 4 members (excludes halogenated alkanes) is 1. The summed E-state index contributed by atoms with van der Waals surface area (Å²) in [6.45, 7) is 0.552. The molecule has 2 aromatic carbocycles. The van der Waals surface area contributed by atoms with Crippen molar-refractivity contribution in [2.45, 2.75) is 31.2 Å². The van der Waals surface area contributed by atoms with E-state index in [1.165, 1.54) is 0 Å². The molecule has 5 N–H and O–H groups in total. The zero-order valence-electron chi connectivity index (χ0n) is 14.2. The molecule has 0 fully saturated rings. The van der Waals surface area contributed by atoms with Crippen LogP contribution >= 0.6 is 0 Å². The van der Waals surface area contributed by atoms with E-state index in [-0.39, 0.29) is 5.91 Å². The smallest absolute Gasteiger partial charge is 0.240 e. The van der Waals surface area contributed by atoms with Crippen LogP contribution in [0.5, 0.6) is 0 Å². The number of primary amides is 1. The first kappa shape index (κ1) is 18.7. The molecule has 132 valence electrons. The molecule has 1 atom stereocenters. The van der Waals surface area contributed by atoms with E-state index in [0.717, 1.165) is 24.0 Å². The summed E-state index contributed by atoms with van der Waals surface area (Å²) < 4.78 is 0. The summed E-state index contributed by atoms with van der Waals surface area (Å²) in [6, 6.07) is 18.3. The number of carbonyl (C=O) groups is 2. The molecule has 0 aliphatic carbocycles. The highest BCUT2D eigenvalue weighted by atomic mass is 16.2. The second-order valence-electron chi connectivity index (χ2n) is 6.00.